The highest BCUT2D eigenvalue weighted by molar-refractivity contribution is 5.82. The summed E-state index contributed by atoms with van der Waals surface area (Å²) in [4.78, 5) is 0. The third kappa shape index (κ3) is 1.61. The van der Waals surface area contributed by atoms with E-state index in [4.69, 9.17) is 0 Å². The molecule has 0 radical (unpaired) electrons. The zero-order chi connectivity index (χ0) is 13.7. The van der Waals surface area contributed by atoms with Crippen molar-refractivity contribution in [2.75, 3.05) is 0 Å². The highest BCUT2D eigenvalue weighted by Gasteiger charge is 2.21. The van der Waals surface area contributed by atoms with Crippen LogP contribution in [0.15, 0.2) is 60.2 Å². The van der Waals surface area contributed by atoms with Crippen LogP contribution in [0.2, 0.25) is 0 Å². The summed E-state index contributed by atoms with van der Waals surface area (Å²) in [5.74, 6) is 0.539. The Kier molecular flexibility index (Phi) is 2.47. The lowest BCUT2D eigenvalue weighted by molar-refractivity contribution is 0.978. The lowest BCUT2D eigenvalue weighted by atomic mass is 9.92. The highest BCUT2D eigenvalue weighted by Crippen LogP contribution is 2.40. The largest absolute Gasteiger partial charge is 0.0770 e. The fourth-order valence-corrected chi connectivity index (χ4v) is 3.64. The minimum atomic E-state index is 0.539. The second kappa shape index (κ2) is 4.21. The average molecular weight is 258 g/mol. The van der Waals surface area contributed by atoms with Gasteiger partial charge in [-0.1, -0.05) is 61.5 Å². The van der Waals surface area contributed by atoms with Crippen molar-refractivity contribution >= 4 is 5.57 Å². The van der Waals surface area contributed by atoms with Gasteiger partial charge in [-0.2, -0.15) is 0 Å². The van der Waals surface area contributed by atoms with Crippen molar-refractivity contribution in [2.45, 2.75) is 20.3 Å². The number of hydrogen-bond acceptors (Lipinski definition) is 0. The number of fused-ring (bicyclic) bond motifs is 3. The van der Waals surface area contributed by atoms with E-state index in [1.165, 1.54) is 39.0 Å². The van der Waals surface area contributed by atoms with Crippen molar-refractivity contribution in [2.24, 2.45) is 5.92 Å². The Hall–Kier alpha value is -2.08. The van der Waals surface area contributed by atoms with Gasteiger partial charge in [-0.15, -0.1) is 0 Å². The Morgan fingerprint density at radius 3 is 2.55 bits per heavy atom. The maximum atomic E-state index is 2.40. The molecule has 98 valence electrons. The van der Waals surface area contributed by atoms with E-state index in [9.17, 15) is 0 Å². The zero-order valence-corrected chi connectivity index (χ0v) is 12.0. The van der Waals surface area contributed by atoms with E-state index in [-0.39, 0.29) is 0 Å². The summed E-state index contributed by atoms with van der Waals surface area (Å²) in [7, 11) is 0. The molecule has 1 atom stereocenters. The number of allylic oxidation sites excluding steroid dienone is 4. The number of rotatable bonds is 1. The summed E-state index contributed by atoms with van der Waals surface area (Å²) in [6, 6.07) is 15.8. The van der Waals surface area contributed by atoms with Crippen LogP contribution in [0.4, 0.5) is 0 Å². The first-order chi connectivity index (χ1) is 9.74. The van der Waals surface area contributed by atoms with Crippen LogP contribution in [0.5, 0.6) is 0 Å². The summed E-state index contributed by atoms with van der Waals surface area (Å²) in [6.45, 7) is 4.50. The summed E-state index contributed by atoms with van der Waals surface area (Å²) in [6.07, 6.45) is 5.63. The van der Waals surface area contributed by atoms with E-state index in [0.29, 0.717) is 5.92 Å². The van der Waals surface area contributed by atoms with Crippen LogP contribution < -0.4 is 0 Å². The summed E-state index contributed by atoms with van der Waals surface area (Å²) in [5.41, 5.74) is 10.1. The zero-order valence-electron chi connectivity index (χ0n) is 12.0. The molecule has 0 heteroatoms. The van der Waals surface area contributed by atoms with E-state index in [1.54, 1.807) is 0 Å². The van der Waals surface area contributed by atoms with E-state index >= 15 is 0 Å². The van der Waals surface area contributed by atoms with Crippen molar-refractivity contribution < 1.29 is 0 Å². The Bertz CT molecular complexity index is 759. The molecular weight excluding hydrogens is 240 g/mol. The number of hydrogen-bond donors (Lipinski definition) is 0. The molecule has 20 heavy (non-hydrogen) atoms. The first-order valence-corrected chi connectivity index (χ1v) is 7.34. The molecular formula is C20H18. The van der Waals surface area contributed by atoms with Crippen LogP contribution in [0, 0.1) is 5.92 Å². The third-order valence-electron chi connectivity index (χ3n) is 4.62. The molecule has 0 aliphatic heterocycles. The summed E-state index contributed by atoms with van der Waals surface area (Å²) in [5, 5.41) is 0. The van der Waals surface area contributed by atoms with E-state index in [2.05, 4.69) is 68.5 Å². The quantitative estimate of drug-likeness (QED) is 0.560. The standard InChI is InChI=1S/C20H18/c1-13-7-8-14(2)20(13)16-9-10-19-17(12-16)11-15-5-3-4-6-18(15)19/h3-10,12-13H,11H2,1-2H3. The predicted molar refractivity (Wildman–Crippen MR) is 85.6 cm³/mol. The summed E-state index contributed by atoms with van der Waals surface area (Å²) >= 11 is 0. The van der Waals surface area contributed by atoms with Gasteiger partial charge in [0, 0.05) is 5.92 Å². The van der Waals surface area contributed by atoms with E-state index in [0.717, 1.165) is 6.42 Å². The second-order valence-corrected chi connectivity index (χ2v) is 5.95. The molecule has 4 rings (SSSR count). The molecule has 0 amide bonds. The van der Waals surface area contributed by atoms with Gasteiger partial charge in [-0.3, -0.25) is 0 Å². The molecule has 0 fully saturated rings. The molecule has 0 aromatic heterocycles. The van der Waals surface area contributed by atoms with Gasteiger partial charge in [0.25, 0.3) is 0 Å². The van der Waals surface area contributed by atoms with Gasteiger partial charge < -0.3 is 0 Å². The van der Waals surface area contributed by atoms with E-state index in [1.807, 2.05) is 0 Å². The second-order valence-electron chi connectivity index (χ2n) is 5.95. The molecule has 1 unspecified atom stereocenters. The third-order valence-corrected chi connectivity index (χ3v) is 4.62. The van der Waals surface area contributed by atoms with Crippen molar-refractivity contribution in [1.82, 2.24) is 0 Å². The molecule has 0 saturated carbocycles. The molecule has 0 nitrogen and oxygen atoms in total. The van der Waals surface area contributed by atoms with Crippen LogP contribution in [-0.2, 0) is 6.42 Å². The average Bonchev–Trinajstić information content (AvgIpc) is 2.98. The van der Waals surface area contributed by atoms with Gasteiger partial charge in [-0.05, 0) is 52.3 Å². The van der Waals surface area contributed by atoms with Crippen molar-refractivity contribution in [3.63, 3.8) is 0 Å². The van der Waals surface area contributed by atoms with Gasteiger partial charge >= 0.3 is 0 Å². The predicted octanol–water partition coefficient (Wildman–Crippen LogP) is 5.24. The van der Waals surface area contributed by atoms with E-state index < -0.39 is 0 Å². The van der Waals surface area contributed by atoms with Gasteiger partial charge in [0.15, 0.2) is 0 Å². The number of benzene rings is 2. The molecule has 2 aromatic rings. The topological polar surface area (TPSA) is 0 Å². The lowest BCUT2D eigenvalue weighted by Crippen LogP contribution is -1.94. The molecule has 0 saturated heterocycles. The molecule has 0 spiro atoms. The molecule has 0 N–H and O–H groups in total. The normalized spacial score (nSPS) is 19.4. The van der Waals surface area contributed by atoms with Gasteiger partial charge in [0.2, 0.25) is 0 Å². The maximum absolute atomic E-state index is 2.40. The molecule has 2 aliphatic carbocycles. The highest BCUT2D eigenvalue weighted by atomic mass is 14.2. The molecule has 2 aromatic carbocycles. The van der Waals surface area contributed by atoms with Crippen molar-refractivity contribution in [3.05, 3.63) is 76.9 Å². The van der Waals surface area contributed by atoms with Crippen LogP contribution >= 0.6 is 0 Å². The summed E-state index contributed by atoms with van der Waals surface area (Å²) < 4.78 is 0. The molecule has 2 aliphatic rings. The Morgan fingerprint density at radius 2 is 1.75 bits per heavy atom. The van der Waals surface area contributed by atoms with Gasteiger partial charge in [0.1, 0.15) is 0 Å². The Balaban J connectivity index is 1.82. The Labute approximate surface area is 120 Å². The van der Waals surface area contributed by atoms with Gasteiger partial charge in [0.05, 0.1) is 0 Å². The monoisotopic (exact) mass is 258 g/mol. The lowest BCUT2D eigenvalue weighted by Gasteiger charge is -2.12. The van der Waals surface area contributed by atoms with Crippen LogP contribution in [0.1, 0.15) is 30.5 Å². The molecule has 0 heterocycles. The van der Waals surface area contributed by atoms with Crippen molar-refractivity contribution in [1.29, 1.82) is 0 Å². The van der Waals surface area contributed by atoms with Crippen LogP contribution in [0.25, 0.3) is 16.7 Å². The molecule has 0 bridgehead atoms. The first kappa shape index (κ1) is 11.7. The van der Waals surface area contributed by atoms with Crippen LogP contribution in [0.3, 0.4) is 0 Å². The first-order valence-electron chi connectivity index (χ1n) is 7.34. The van der Waals surface area contributed by atoms with Crippen LogP contribution in [-0.4, -0.2) is 0 Å². The minimum Gasteiger partial charge on any atom is -0.0770 e. The Morgan fingerprint density at radius 1 is 0.950 bits per heavy atom. The minimum absolute atomic E-state index is 0.539. The van der Waals surface area contributed by atoms with Gasteiger partial charge in [-0.25, -0.2) is 0 Å². The fourth-order valence-electron chi connectivity index (χ4n) is 3.64. The fraction of sp³-hybridized carbons (Fsp3) is 0.200. The van der Waals surface area contributed by atoms with Crippen molar-refractivity contribution in [3.8, 4) is 11.1 Å². The SMILES string of the molecule is CC1=C(c2ccc3c(c2)Cc2ccccc2-3)C(C)C=C1. The smallest absolute Gasteiger partial charge is 0.000134 e. The maximum Gasteiger partial charge on any atom is 0.000134 e.